The second kappa shape index (κ2) is 10.7. The van der Waals surface area contributed by atoms with E-state index in [0.29, 0.717) is 34.3 Å². The van der Waals surface area contributed by atoms with E-state index in [2.05, 4.69) is 25.7 Å². The van der Waals surface area contributed by atoms with Crippen LogP contribution < -0.4 is 10.1 Å². The number of fused-ring (bicyclic) bond motifs is 1. The predicted molar refractivity (Wildman–Crippen MR) is 135 cm³/mol. The average Bonchev–Trinajstić information content (AvgIpc) is 3.30. The minimum atomic E-state index is -0.595. The number of carbonyl (C=O) groups excluding carboxylic acids is 2. The molecule has 3 N–H and O–H groups in total. The molecule has 0 radical (unpaired) electrons. The van der Waals surface area contributed by atoms with Gasteiger partial charge in [-0.25, -0.2) is 4.79 Å². The second-order valence-corrected chi connectivity index (χ2v) is 7.87. The zero-order valence-electron chi connectivity index (χ0n) is 20.0. The van der Waals surface area contributed by atoms with Gasteiger partial charge >= 0.3 is 5.97 Å². The molecule has 4 aromatic rings. The van der Waals surface area contributed by atoms with Gasteiger partial charge in [0.25, 0.3) is 5.91 Å². The first-order chi connectivity index (χ1) is 17.5. The maximum absolute atomic E-state index is 13.1. The minimum absolute atomic E-state index is 0.0142. The highest BCUT2D eigenvalue weighted by Gasteiger charge is 2.22. The van der Waals surface area contributed by atoms with E-state index < -0.39 is 11.9 Å². The number of methoxy groups -OCH3 is 2. The zero-order chi connectivity index (χ0) is 25.7. The van der Waals surface area contributed by atoms with Crippen LogP contribution in [0.5, 0.6) is 11.5 Å². The average molecular weight is 488 g/mol. The molecule has 0 aliphatic carbocycles. The molecule has 10 heteroatoms. The van der Waals surface area contributed by atoms with Crippen molar-refractivity contribution in [2.45, 2.75) is 19.8 Å². The minimum Gasteiger partial charge on any atom is -0.505 e. The van der Waals surface area contributed by atoms with E-state index in [1.165, 1.54) is 7.11 Å². The maximum atomic E-state index is 13.1. The number of aromatic amines is 1. The van der Waals surface area contributed by atoms with Gasteiger partial charge in [-0.3, -0.25) is 9.89 Å². The molecule has 0 bridgehead atoms. The van der Waals surface area contributed by atoms with Crippen molar-refractivity contribution in [3.8, 4) is 11.5 Å². The van der Waals surface area contributed by atoms with Gasteiger partial charge in [0.2, 0.25) is 5.82 Å². The summed E-state index contributed by atoms with van der Waals surface area (Å²) in [7, 11) is 2.83. The van der Waals surface area contributed by atoms with E-state index in [-0.39, 0.29) is 28.4 Å². The van der Waals surface area contributed by atoms with Crippen molar-refractivity contribution in [2.24, 2.45) is 10.2 Å². The van der Waals surface area contributed by atoms with Gasteiger partial charge in [-0.15, -0.1) is 10.2 Å². The van der Waals surface area contributed by atoms with E-state index in [9.17, 15) is 14.7 Å². The fourth-order valence-electron chi connectivity index (χ4n) is 3.75. The van der Waals surface area contributed by atoms with E-state index in [1.807, 2.05) is 13.0 Å². The van der Waals surface area contributed by atoms with Crippen LogP contribution in [-0.2, 0) is 11.2 Å². The molecule has 4 rings (SSSR count). The lowest BCUT2D eigenvalue weighted by Gasteiger charge is -2.11. The Labute approximate surface area is 207 Å². The summed E-state index contributed by atoms with van der Waals surface area (Å²) < 4.78 is 10.0. The van der Waals surface area contributed by atoms with Crippen molar-refractivity contribution in [2.75, 3.05) is 19.5 Å². The Hall–Kier alpha value is -4.73. The number of H-pyrrole nitrogens is 1. The van der Waals surface area contributed by atoms with Gasteiger partial charge in [-0.05, 0) is 42.1 Å². The number of carbonyl (C=O) groups is 2. The molecule has 36 heavy (non-hydrogen) atoms. The van der Waals surface area contributed by atoms with Gasteiger partial charge in [0.15, 0.2) is 5.75 Å². The van der Waals surface area contributed by atoms with Crippen LogP contribution >= 0.6 is 0 Å². The Kier molecular flexibility index (Phi) is 7.24. The zero-order valence-corrected chi connectivity index (χ0v) is 20.0. The highest BCUT2D eigenvalue weighted by Crippen LogP contribution is 2.40. The Balaban J connectivity index is 1.75. The SMILES string of the molecule is CCCc1[nH]nc(N=Nc2c(O)c(C(=O)Nc3ccc(OC)cc3)cc3ccccc23)c1C(=O)OC. The molecule has 184 valence electrons. The lowest BCUT2D eigenvalue weighted by molar-refractivity contribution is 0.0600. The van der Waals surface area contributed by atoms with Crippen molar-refractivity contribution in [1.29, 1.82) is 0 Å². The largest absolute Gasteiger partial charge is 0.505 e. The van der Waals surface area contributed by atoms with Gasteiger partial charge in [0, 0.05) is 11.1 Å². The molecular formula is C26H25N5O5. The number of ether oxygens (including phenoxy) is 2. The smallest absolute Gasteiger partial charge is 0.343 e. The number of hydrogen-bond donors (Lipinski definition) is 3. The lowest BCUT2D eigenvalue weighted by Crippen LogP contribution is -2.12. The van der Waals surface area contributed by atoms with Crippen LogP contribution in [-0.4, -0.2) is 41.4 Å². The van der Waals surface area contributed by atoms with Crippen molar-refractivity contribution in [3.05, 3.63) is 71.4 Å². The molecule has 3 aromatic carbocycles. The van der Waals surface area contributed by atoms with Crippen LogP contribution in [0.25, 0.3) is 10.8 Å². The van der Waals surface area contributed by atoms with E-state index >= 15 is 0 Å². The number of phenolic OH excluding ortho intramolecular Hbond substituents is 1. The first kappa shape index (κ1) is 24.4. The molecule has 0 unspecified atom stereocenters. The van der Waals surface area contributed by atoms with E-state index in [4.69, 9.17) is 9.47 Å². The number of benzene rings is 3. The molecule has 0 saturated carbocycles. The molecule has 0 saturated heterocycles. The van der Waals surface area contributed by atoms with Gasteiger partial charge in [-0.2, -0.15) is 5.10 Å². The molecule has 0 aliphatic rings. The highest BCUT2D eigenvalue weighted by molar-refractivity contribution is 6.11. The second-order valence-electron chi connectivity index (χ2n) is 7.87. The van der Waals surface area contributed by atoms with E-state index in [0.717, 1.165) is 6.42 Å². The molecule has 0 fully saturated rings. The van der Waals surface area contributed by atoms with Crippen molar-refractivity contribution >= 4 is 39.8 Å². The van der Waals surface area contributed by atoms with Crippen LogP contribution in [0.1, 0.15) is 39.8 Å². The summed E-state index contributed by atoms with van der Waals surface area (Å²) in [5.41, 5.74) is 1.38. The number of anilines is 1. The van der Waals surface area contributed by atoms with Crippen LogP contribution in [0.15, 0.2) is 64.8 Å². The third kappa shape index (κ3) is 4.88. The summed E-state index contributed by atoms with van der Waals surface area (Å²) >= 11 is 0. The van der Waals surface area contributed by atoms with Gasteiger partial charge in [-0.1, -0.05) is 37.6 Å². The van der Waals surface area contributed by atoms with Crippen LogP contribution in [0, 0.1) is 0 Å². The maximum Gasteiger partial charge on any atom is 0.343 e. The highest BCUT2D eigenvalue weighted by atomic mass is 16.5. The van der Waals surface area contributed by atoms with Crippen LogP contribution in [0.2, 0.25) is 0 Å². The number of aromatic hydroxyl groups is 1. The number of esters is 1. The summed E-state index contributed by atoms with van der Waals surface area (Å²) in [5.74, 6) is -0.798. The molecule has 10 nitrogen and oxygen atoms in total. The molecule has 0 spiro atoms. The number of phenols is 1. The van der Waals surface area contributed by atoms with Gasteiger partial charge in [0.1, 0.15) is 17.0 Å². The number of hydrogen-bond acceptors (Lipinski definition) is 8. The summed E-state index contributed by atoms with van der Waals surface area (Å²) in [5, 5.41) is 30.3. The first-order valence-electron chi connectivity index (χ1n) is 11.2. The number of azo groups is 1. The summed E-state index contributed by atoms with van der Waals surface area (Å²) in [4.78, 5) is 25.4. The molecule has 1 aromatic heterocycles. The predicted octanol–water partition coefficient (Wildman–Crippen LogP) is 5.68. The number of rotatable bonds is 8. The third-order valence-electron chi connectivity index (χ3n) is 5.54. The number of aryl methyl sites for hydroxylation is 1. The number of aromatic nitrogens is 2. The van der Waals surface area contributed by atoms with Crippen LogP contribution in [0.4, 0.5) is 17.2 Å². The molecule has 0 aliphatic heterocycles. The number of nitrogens with one attached hydrogen (secondary N) is 2. The Bertz CT molecular complexity index is 1440. The standard InChI is InChI=1S/C26H25N5O5/c1-4-7-20-21(26(34)36-3)24(30-28-20)31-29-22-18-9-6-5-8-15(18)14-19(23(22)32)25(33)27-16-10-12-17(35-2)13-11-16/h5-6,8-14,32H,4,7H2,1-3H3,(H,27,33)(H,28,30). The summed E-state index contributed by atoms with van der Waals surface area (Å²) in [6.45, 7) is 1.97. The fourth-order valence-corrected chi connectivity index (χ4v) is 3.75. The summed E-state index contributed by atoms with van der Waals surface area (Å²) in [6, 6.07) is 15.5. The molecular weight excluding hydrogens is 462 g/mol. The first-order valence-corrected chi connectivity index (χ1v) is 11.2. The lowest BCUT2D eigenvalue weighted by atomic mass is 10.0. The Morgan fingerprint density at radius 3 is 2.53 bits per heavy atom. The quantitative estimate of drug-likeness (QED) is 0.216. The fraction of sp³-hybridized carbons (Fsp3) is 0.192. The van der Waals surface area contributed by atoms with Gasteiger partial charge in [0.05, 0.1) is 25.5 Å². The molecule has 1 amide bonds. The van der Waals surface area contributed by atoms with Crippen molar-refractivity contribution in [1.82, 2.24) is 10.2 Å². The van der Waals surface area contributed by atoms with Gasteiger partial charge < -0.3 is 19.9 Å². The van der Waals surface area contributed by atoms with Crippen molar-refractivity contribution in [3.63, 3.8) is 0 Å². The van der Waals surface area contributed by atoms with Crippen LogP contribution in [0.3, 0.4) is 0 Å². The third-order valence-corrected chi connectivity index (χ3v) is 5.54. The molecule has 0 atom stereocenters. The topological polar surface area (TPSA) is 138 Å². The molecule has 1 heterocycles. The summed E-state index contributed by atoms with van der Waals surface area (Å²) in [6.07, 6.45) is 1.35. The van der Waals surface area contributed by atoms with Crippen molar-refractivity contribution < 1.29 is 24.2 Å². The monoisotopic (exact) mass is 487 g/mol. The number of amides is 1. The van der Waals surface area contributed by atoms with E-state index in [1.54, 1.807) is 55.6 Å². The normalized spacial score (nSPS) is 11.1. The number of nitrogens with zero attached hydrogens (tertiary/aromatic N) is 3. The Morgan fingerprint density at radius 2 is 1.83 bits per heavy atom. The Morgan fingerprint density at radius 1 is 1.08 bits per heavy atom.